The summed E-state index contributed by atoms with van der Waals surface area (Å²) in [4.78, 5) is 0. The van der Waals surface area contributed by atoms with Crippen molar-refractivity contribution in [1.29, 1.82) is 0 Å². The fourth-order valence-corrected chi connectivity index (χ4v) is 2.27. The molecule has 0 saturated carbocycles. The predicted octanol–water partition coefficient (Wildman–Crippen LogP) is 5.81. The van der Waals surface area contributed by atoms with Crippen LogP contribution in [0.5, 0.6) is 0 Å². The van der Waals surface area contributed by atoms with E-state index in [1.165, 1.54) is 36.0 Å². The molecule has 0 unspecified atom stereocenters. The first kappa shape index (κ1) is 13.6. The maximum atomic E-state index is 2.32. The molecule has 0 nitrogen and oxygen atoms in total. The number of hydrogen-bond acceptors (Lipinski definition) is 0. The molecular weight excluding hydrogens is 228 g/mol. The van der Waals surface area contributed by atoms with Crippen molar-refractivity contribution >= 4 is 11.6 Å². The lowest BCUT2D eigenvalue weighted by atomic mass is 9.97. The van der Waals surface area contributed by atoms with E-state index in [-0.39, 0.29) is 0 Å². The molecule has 0 heteroatoms. The van der Waals surface area contributed by atoms with Crippen LogP contribution in [0.15, 0.2) is 60.7 Å². The van der Waals surface area contributed by atoms with Crippen LogP contribution in [0.3, 0.4) is 0 Å². The highest BCUT2D eigenvalue weighted by molar-refractivity contribution is 5.81. The molecule has 0 aromatic heterocycles. The fraction of sp³-hybridized carbons (Fsp3) is 0.263. The molecule has 0 bridgehead atoms. The van der Waals surface area contributed by atoms with Crippen molar-refractivity contribution in [3.05, 3.63) is 71.8 Å². The zero-order valence-electron chi connectivity index (χ0n) is 11.7. The second-order valence-electron chi connectivity index (χ2n) is 4.90. The minimum atomic E-state index is 1.16. The lowest BCUT2D eigenvalue weighted by Gasteiger charge is -2.08. The van der Waals surface area contributed by atoms with E-state index in [1.54, 1.807) is 0 Å². The average molecular weight is 250 g/mol. The highest BCUT2D eigenvalue weighted by Crippen LogP contribution is 2.23. The van der Waals surface area contributed by atoms with Gasteiger partial charge in [-0.1, -0.05) is 86.5 Å². The second kappa shape index (κ2) is 7.58. The molecule has 98 valence electrons. The number of rotatable bonds is 6. The van der Waals surface area contributed by atoms with Gasteiger partial charge in [0.25, 0.3) is 0 Å². The van der Waals surface area contributed by atoms with Gasteiger partial charge in [0, 0.05) is 0 Å². The average Bonchev–Trinajstić information content (AvgIpc) is 2.48. The van der Waals surface area contributed by atoms with Gasteiger partial charge in [0.05, 0.1) is 0 Å². The Morgan fingerprint density at radius 2 is 1.47 bits per heavy atom. The van der Waals surface area contributed by atoms with Crippen LogP contribution in [0.4, 0.5) is 0 Å². The minimum absolute atomic E-state index is 1.16. The molecule has 2 rings (SSSR count). The molecule has 2 aromatic carbocycles. The van der Waals surface area contributed by atoms with Crippen LogP contribution in [0, 0.1) is 0 Å². The molecule has 0 atom stereocenters. The van der Waals surface area contributed by atoms with Crippen LogP contribution in [0.1, 0.15) is 43.7 Å². The lowest BCUT2D eigenvalue weighted by molar-refractivity contribution is 0.736. The monoisotopic (exact) mass is 250 g/mol. The van der Waals surface area contributed by atoms with Crippen LogP contribution < -0.4 is 0 Å². The molecule has 0 amide bonds. The van der Waals surface area contributed by atoms with Crippen molar-refractivity contribution in [3.63, 3.8) is 0 Å². The summed E-state index contributed by atoms with van der Waals surface area (Å²) in [5, 5.41) is 0. The Morgan fingerprint density at radius 1 is 0.842 bits per heavy atom. The van der Waals surface area contributed by atoms with Gasteiger partial charge in [0.1, 0.15) is 0 Å². The zero-order chi connectivity index (χ0) is 13.3. The van der Waals surface area contributed by atoms with Crippen LogP contribution in [0.25, 0.3) is 11.6 Å². The summed E-state index contributed by atoms with van der Waals surface area (Å²) < 4.78 is 0. The quantitative estimate of drug-likeness (QED) is 0.448. The Bertz CT molecular complexity index is 494. The van der Waals surface area contributed by atoms with Gasteiger partial charge in [-0.3, -0.25) is 0 Å². The van der Waals surface area contributed by atoms with Gasteiger partial charge in [-0.05, 0) is 29.5 Å². The van der Waals surface area contributed by atoms with Crippen LogP contribution >= 0.6 is 0 Å². The van der Waals surface area contributed by atoms with E-state index >= 15 is 0 Å². The first-order valence-corrected chi connectivity index (χ1v) is 7.21. The number of allylic oxidation sites excluding steroid dienone is 1. The van der Waals surface area contributed by atoms with Crippen LogP contribution in [-0.2, 0) is 0 Å². The van der Waals surface area contributed by atoms with Gasteiger partial charge in [-0.15, -0.1) is 0 Å². The van der Waals surface area contributed by atoms with Gasteiger partial charge in [0.15, 0.2) is 0 Å². The summed E-state index contributed by atoms with van der Waals surface area (Å²) in [5.41, 5.74) is 4.08. The van der Waals surface area contributed by atoms with Crippen LogP contribution in [0.2, 0.25) is 0 Å². The van der Waals surface area contributed by atoms with E-state index in [1.807, 2.05) is 0 Å². The van der Waals surface area contributed by atoms with Gasteiger partial charge in [-0.2, -0.15) is 0 Å². The SMILES string of the molecule is CCCCCC(=Cc1ccccc1)c1ccccc1. The molecule has 0 aliphatic carbocycles. The molecule has 0 heterocycles. The van der Waals surface area contributed by atoms with E-state index in [0.717, 1.165) is 6.42 Å². The molecule has 0 saturated heterocycles. The number of hydrogen-bond donors (Lipinski definition) is 0. The Kier molecular flexibility index (Phi) is 5.43. The van der Waals surface area contributed by atoms with Crippen LogP contribution in [-0.4, -0.2) is 0 Å². The van der Waals surface area contributed by atoms with Crippen molar-refractivity contribution in [2.45, 2.75) is 32.6 Å². The summed E-state index contributed by atoms with van der Waals surface area (Å²) in [7, 11) is 0. The van der Waals surface area contributed by atoms with Crippen molar-refractivity contribution in [2.24, 2.45) is 0 Å². The molecule has 0 spiro atoms. The highest BCUT2D eigenvalue weighted by Gasteiger charge is 2.01. The largest absolute Gasteiger partial charge is 0.0654 e. The molecule has 0 fully saturated rings. The first-order chi connectivity index (χ1) is 9.40. The predicted molar refractivity (Wildman–Crippen MR) is 84.9 cm³/mol. The molecule has 0 aliphatic rings. The Balaban J connectivity index is 2.22. The summed E-state index contributed by atoms with van der Waals surface area (Å²) in [6, 6.07) is 21.3. The maximum absolute atomic E-state index is 2.32. The summed E-state index contributed by atoms with van der Waals surface area (Å²) in [6.07, 6.45) is 7.33. The Morgan fingerprint density at radius 3 is 2.11 bits per heavy atom. The molecule has 2 aromatic rings. The molecule has 0 N–H and O–H groups in total. The van der Waals surface area contributed by atoms with Crippen molar-refractivity contribution in [1.82, 2.24) is 0 Å². The minimum Gasteiger partial charge on any atom is -0.0654 e. The molecule has 19 heavy (non-hydrogen) atoms. The van der Waals surface area contributed by atoms with E-state index in [0.29, 0.717) is 0 Å². The van der Waals surface area contributed by atoms with Crippen molar-refractivity contribution in [3.8, 4) is 0 Å². The standard InChI is InChI=1S/C19H22/c1-2-3-6-15-19(18-13-9-5-10-14-18)16-17-11-7-4-8-12-17/h4-5,7-14,16H,2-3,6,15H2,1H3. The van der Waals surface area contributed by atoms with Crippen molar-refractivity contribution < 1.29 is 0 Å². The number of unbranched alkanes of at least 4 members (excludes halogenated alkanes) is 2. The van der Waals surface area contributed by atoms with Crippen molar-refractivity contribution in [2.75, 3.05) is 0 Å². The van der Waals surface area contributed by atoms with E-state index in [9.17, 15) is 0 Å². The lowest BCUT2D eigenvalue weighted by Crippen LogP contribution is -1.86. The summed E-state index contributed by atoms with van der Waals surface area (Å²) in [6.45, 7) is 2.25. The Labute approximate surface area is 116 Å². The Hall–Kier alpha value is -1.82. The van der Waals surface area contributed by atoms with E-state index < -0.39 is 0 Å². The van der Waals surface area contributed by atoms with E-state index in [4.69, 9.17) is 0 Å². The third-order valence-corrected chi connectivity index (χ3v) is 3.33. The summed E-state index contributed by atoms with van der Waals surface area (Å²) in [5.74, 6) is 0. The van der Waals surface area contributed by atoms with E-state index in [2.05, 4.69) is 73.7 Å². The third-order valence-electron chi connectivity index (χ3n) is 3.33. The number of benzene rings is 2. The topological polar surface area (TPSA) is 0 Å². The van der Waals surface area contributed by atoms with Gasteiger partial charge in [0.2, 0.25) is 0 Å². The van der Waals surface area contributed by atoms with Gasteiger partial charge < -0.3 is 0 Å². The smallest absolute Gasteiger partial charge is 0.0224 e. The van der Waals surface area contributed by atoms with Gasteiger partial charge >= 0.3 is 0 Å². The van der Waals surface area contributed by atoms with Gasteiger partial charge in [-0.25, -0.2) is 0 Å². The molecule has 0 aliphatic heterocycles. The third kappa shape index (κ3) is 4.40. The zero-order valence-corrected chi connectivity index (χ0v) is 11.7. The maximum Gasteiger partial charge on any atom is -0.0224 e. The normalized spacial score (nSPS) is 11.5. The molecular formula is C19H22. The molecule has 0 radical (unpaired) electrons. The fourth-order valence-electron chi connectivity index (χ4n) is 2.27. The second-order valence-corrected chi connectivity index (χ2v) is 4.90. The highest BCUT2D eigenvalue weighted by atomic mass is 14.1. The summed E-state index contributed by atoms with van der Waals surface area (Å²) >= 11 is 0. The first-order valence-electron chi connectivity index (χ1n) is 7.21.